The number of hydrogen-bond acceptors (Lipinski definition) is 7. The molecule has 0 unspecified atom stereocenters. The van der Waals surface area contributed by atoms with Crippen molar-refractivity contribution < 1.29 is 23.7 Å². The van der Waals surface area contributed by atoms with Crippen LogP contribution in [0.3, 0.4) is 0 Å². The van der Waals surface area contributed by atoms with Gasteiger partial charge >= 0.3 is 0 Å². The quantitative estimate of drug-likeness (QED) is 0.462. The third kappa shape index (κ3) is 6.20. The maximum Gasteiger partial charge on any atom is 0.268 e. The molecule has 2 aromatic rings. The van der Waals surface area contributed by atoms with Crippen LogP contribution in [0.15, 0.2) is 42.5 Å². The molecule has 0 aromatic heterocycles. The molecular formula is C29H39N3O5. The van der Waals surface area contributed by atoms with E-state index in [1.807, 2.05) is 30.3 Å². The van der Waals surface area contributed by atoms with Crippen LogP contribution in [0.5, 0.6) is 17.2 Å². The number of nitrogens with zero attached hydrogens (tertiary/aromatic N) is 2. The summed E-state index contributed by atoms with van der Waals surface area (Å²) in [7, 11) is 1.62. The number of hydrogen-bond donors (Lipinski definition) is 1. The van der Waals surface area contributed by atoms with Crippen molar-refractivity contribution in [1.29, 1.82) is 0 Å². The Morgan fingerprint density at radius 3 is 2.46 bits per heavy atom. The first-order valence-corrected chi connectivity index (χ1v) is 13.4. The van der Waals surface area contributed by atoms with Gasteiger partial charge in [0.15, 0.2) is 17.6 Å². The lowest BCUT2D eigenvalue weighted by molar-refractivity contribution is -0.122. The Labute approximate surface area is 219 Å². The lowest BCUT2D eigenvalue weighted by Gasteiger charge is -2.41. The molecule has 37 heavy (non-hydrogen) atoms. The normalized spacial score (nSPS) is 20.8. The van der Waals surface area contributed by atoms with Crippen molar-refractivity contribution in [2.45, 2.75) is 50.8 Å². The van der Waals surface area contributed by atoms with Crippen molar-refractivity contribution in [3.05, 3.63) is 48.0 Å². The van der Waals surface area contributed by atoms with E-state index in [9.17, 15) is 4.79 Å². The van der Waals surface area contributed by atoms with Crippen molar-refractivity contribution in [1.82, 2.24) is 10.2 Å². The van der Waals surface area contributed by atoms with Crippen LogP contribution in [0.2, 0.25) is 0 Å². The minimum absolute atomic E-state index is 0.0310. The molecule has 1 atom stereocenters. The van der Waals surface area contributed by atoms with E-state index in [1.54, 1.807) is 12.0 Å². The van der Waals surface area contributed by atoms with Crippen LogP contribution in [0.25, 0.3) is 0 Å². The number of rotatable bonds is 11. The summed E-state index contributed by atoms with van der Waals surface area (Å²) < 4.78 is 23.1. The minimum Gasteiger partial charge on any atom is -0.493 e. The van der Waals surface area contributed by atoms with Gasteiger partial charge in [-0.25, -0.2) is 0 Å². The van der Waals surface area contributed by atoms with Gasteiger partial charge in [-0.1, -0.05) is 12.1 Å². The number of benzene rings is 2. The summed E-state index contributed by atoms with van der Waals surface area (Å²) in [5.41, 5.74) is 2.02. The first kappa shape index (κ1) is 25.8. The van der Waals surface area contributed by atoms with Crippen molar-refractivity contribution in [3.8, 4) is 17.2 Å². The Kier molecular flexibility index (Phi) is 7.88. The second-order valence-corrected chi connectivity index (χ2v) is 10.5. The lowest BCUT2D eigenvalue weighted by Crippen LogP contribution is -2.58. The smallest absolute Gasteiger partial charge is 0.268 e. The highest BCUT2D eigenvalue weighted by molar-refractivity contribution is 5.99. The van der Waals surface area contributed by atoms with Crippen LogP contribution >= 0.6 is 0 Å². The summed E-state index contributed by atoms with van der Waals surface area (Å²) in [4.78, 5) is 17.3. The van der Waals surface area contributed by atoms with E-state index in [1.165, 1.54) is 18.4 Å². The molecule has 3 aliphatic rings. The number of carbonyl (C=O) groups is 1. The first-order valence-electron chi connectivity index (χ1n) is 13.4. The summed E-state index contributed by atoms with van der Waals surface area (Å²) in [6, 6.07) is 13.9. The van der Waals surface area contributed by atoms with Crippen molar-refractivity contribution in [3.63, 3.8) is 0 Å². The zero-order valence-electron chi connectivity index (χ0n) is 22.2. The summed E-state index contributed by atoms with van der Waals surface area (Å²) >= 11 is 0. The second kappa shape index (κ2) is 11.3. The zero-order chi connectivity index (χ0) is 25.8. The summed E-state index contributed by atoms with van der Waals surface area (Å²) in [6.45, 7) is 9.54. The maximum atomic E-state index is 13.1. The molecule has 0 bridgehead atoms. The van der Waals surface area contributed by atoms with Gasteiger partial charge in [0.1, 0.15) is 12.4 Å². The fourth-order valence-corrected chi connectivity index (χ4v) is 5.11. The van der Waals surface area contributed by atoms with Gasteiger partial charge in [0.25, 0.3) is 5.91 Å². The lowest BCUT2D eigenvalue weighted by atomic mass is 10.1. The van der Waals surface area contributed by atoms with Crippen molar-refractivity contribution in [2.24, 2.45) is 0 Å². The SMILES string of the molecule is COc1cc(N2CC[C@H](Oc3ccc(C4CC4)cc3)C2=O)ccc1OCCNC(C)(C)N1CCOCC1. The molecule has 3 fully saturated rings. The standard InChI is InChI=1S/C29H39N3O5/c1-29(2,31-15-18-35-19-16-31)30-13-17-36-25-11-8-23(20-27(25)34-3)32-14-12-26(28(32)33)37-24-9-6-22(7-10-24)21-4-5-21/h6-11,20-21,26,30H,4-5,12-19H2,1-3H3/t26-/m0/s1. The highest BCUT2D eigenvalue weighted by atomic mass is 16.5. The molecular weight excluding hydrogens is 470 g/mol. The molecule has 0 spiro atoms. The van der Waals surface area contributed by atoms with Crippen LogP contribution in [-0.4, -0.2) is 75.7 Å². The molecule has 0 radical (unpaired) electrons. The molecule has 1 N–H and O–H groups in total. The van der Waals surface area contributed by atoms with Gasteiger partial charge in [0.2, 0.25) is 0 Å². The number of nitrogens with one attached hydrogen (secondary N) is 1. The largest absolute Gasteiger partial charge is 0.493 e. The van der Waals surface area contributed by atoms with Gasteiger partial charge in [-0.05, 0) is 62.4 Å². The Bertz CT molecular complexity index is 1060. The highest BCUT2D eigenvalue weighted by Gasteiger charge is 2.35. The molecule has 200 valence electrons. The third-order valence-corrected chi connectivity index (χ3v) is 7.54. The molecule has 1 saturated carbocycles. The highest BCUT2D eigenvalue weighted by Crippen LogP contribution is 2.40. The zero-order valence-corrected chi connectivity index (χ0v) is 22.2. The van der Waals surface area contributed by atoms with Crippen LogP contribution in [0.1, 0.15) is 44.6 Å². The molecule has 2 aliphatic heterocycles. The fourth-order valence-electron chi connectivity index (χ4n) is 5.11. The fraction of sp³-hybridized carbons (Fsp3) is 0.552. The van der Waals surface area contributed by atoms with Crippen LogP contribution in [0, 0.1) is 0 Å². The predicted octanol–water partition coefficient (Wildman–Crippen LogP) is 3.79. The minimum atomic E-state index is -0.477. The first-order chi connectivity index (χ1) is 17.9. The van der Waals surface area contributed by atoms with Crippen molar-refractivity contribution in [2.75, 3.05) is 58.0 Å². The number of methoxy groups -OCH3 is 1. The van der Waals surface area contributed by atoms with Gasteiger partial charge in [-0.3, -0.25) is 15.0 Å². The molecule has 8 nitrogen and oxygen atoms in total. The van der Waals surface area contributed by atoms with E-state index >= 15 is 0 Å². The Hall–Kier alpha value is -2.81. The van der Waals surface area contributed by atoms with Crippen molar-refractivity contribution >= 4 is 11.6 Å². The number of ether oxygens (including phenoxy) is 4. The van der Waals surface area contributed by atoms with Crippen LogP contribution in [0.4, 0.5) is 5.69 Å². The molecule has 2 saturated heterocycles. The van der Waals surface area contributed by atoms with E-state index in [2.05, 4.69) is 36.2 Å². The molecule has 1 aliphatic carbocycles. The van der Waals surface area contributed by atoms with E-state index in [0.717, 1.165) is 37.7 Å². The summed E-state index contributed by atoms with van der Waals surface area (Å²) in [6.07, 6.45) is 2.71. The summed E-state index contributed by atoms with van der Waals surface area (Å²) in [5.74, 6) is 2.69. The van der Waals surface area contributed by atoms with Gasteiger partial charge in [-0.2, -0.15) is 0 Å². The summed E-state index contributed by atoms with van der Waals surface area (Å²) in [5, 5.41) is 3.57. The van der Waals surface area contributed by atoms with E-state index in [-0.39, 0.29) is 11.6 Å². The topological polar surface area (TPSA) is 72.5 Å². The van der Waals surface area contributed by atoms with E-state index in [0.29, 0.717) is 43.5 Å². The number of carbonyl (C=O) groups excluding carboxylic acids is 1. The number of morpholine rings is 1. The Morgan fingerprint density at radius 1 is 1.00 bits per heavy atom. The van der Waals surface area contributed by atoms with E-state index in [4.69, 9.17) is 18.9 Å². The molecule has 2 heterocycles. The predicted molar refractivity (Wildman–Crippen MR) is 143 cm³/mol. The second-order valence-electron chi connectivity index (χ2n) is 10.5. The third-order valence-electron chi connectivity index (χ3n) is 7.54. The maximum absolute atomic E-state index is 13.1. The number of anilines is 1. The average Bonchev–Trinajstić information content (AvgIpc) is 3.71. The molecule has 8 heteroatoms. The number of amides is 1. The molecule has 5 rings (SSSR count). The average molecular weight is 510 g/mol. The van der Waals surface area contributed by atoms with Crippen LogP contribution in [-0.2, 0) is 9.53 Å². The van der Waals surface area contributed by atoms with Gasteiger partial charge in [0.05, 0.1) is 26.0 Å². The Balaban J connectivity index is 1.14. The van der Waals surface area contributed by atoms with Gasteiger partial charge in [-0.15, -0.1) is 0 Å². The van der Waals surface area contributed by atoms with Crippen LogP contribution < -0.4 is 24.4 Å². The molecule has 1 amide bonds. The molecule has 2 aromatic carbocycles. The van der Waals surface area contributed by atoms with Gasteiger partial charge in [0, 0.05) is 44.4 Å². The monoisotopic (exact) mass is 509 g/mol. The Morgan fingerprint density at radius 2 is 1.76 bits per heavy atom. The van der Waals surface area contributed by atoms with E-state index < -0.39 is 6.10 Å². The van der Waals surface area contributed by atoms with Gasteiger partial charge < -0.3 is 23.8 Å².